The molecule has 1 aromatic rings. The molecule has 1 aliphatic rings. The van der Waals surface area contributed by atoms with E-state index >= 15 is 0 Å². The van der Waals surface area contributed by atoms with E-state index in [1.807, 2.05) is 14.0 Å². The molecule has 2 atom stereocenters. The third-order valence-corrected chi connectivity index (χ3v) is 4.07. The van der Waals surface area contributed by atoms with Gasteiger partial charge in [-0.15, -0.1) is 0 Å². The molecular weight excluding hydrogens is 256 g/mol. The van der Waals surface area contributed by atoms with E-state index in [1.165, 1.54) is 0 Å². The van der Waals surface area contributed by atoms with Crippen LogP contribution in [0.2, 0.25) is 0 Å². The predicted octanol–water partition coefficient (Wildman–Crippen LogP) is 0.848. The number of likely N-dealkylation sites (tertiary alicyclic amines) is 1. The Morgan fingerprint density at radius 1 is 1.40 bits per heavy atom. The van der Waals surface area contributed by atoms with Crippen molar-refractivity contribution in [3.8, 4) is 5.88 Å². The van der Waals surface area contributed by atoms with Gasteiger partial charge in [0.15, 0.2) is 0 Å². The third kappa shape index (κ3) is 2.82. The average molecular weight is 282 g/mol. The molecule has 0 saturated carbocycles. The number of rotatable bonds is 5. The molecule has 1 aromatic heterocycles. The number of methoxy groups -OCH3 is 2. The molecule has 2 rings (SSSR count). The fourth-order valence-corrected chi connectivity index (χ4v) is 3.19. The van der Waals surface area contributed by atoms with E-state index in [2.05, 4.69) is 10.00 Å². The molecule has 6 nitrogen and oxygen atoms in total. The van der Waals surface area contributed by atoms with Crippen molar-refractivity contribution in [3.63, 3.8) is 0 Å². The van der Waals surface area contributed by atoms with E-state index in [-0.39, 0.29) is 12.1 Å². The fraction of sp³-hybridized carbons (Fsp3) is 0.786. The van der Waals surface area contributed by atoms with Crippen molar-refractivity contribution >= 4 is 0 Å². The number of hydrogen-bond acceptors (Lipinski definition) is 5. The lowest BCUT2D eigenvalue weighted by atomic mass is 9.91. The maximum atomic E-state index is 6.40. The third-order valence-electron chi connectivity index (χ3n) is 4.07. The van der Waals surface area contributed by atoms with Gasteiger partial charge in [0.05, 0.1) is 31.0 Å². The minimum absolute atomic E-state index is 0.109. The van der Waals surface area contributed by atoms with Crippen molar-refractivity contribution < 1.29 is 9.47 Å². The van der Waals surface area contributed by atoms with E-state index in [1.54, 1.807) is 18.9 Å². The first-order chi connectivity index (χ1) is 9.60. The highest BCUT2D eigenvalue weighted by molar-refractivity contribution is 5.35. The van der Waals surface area contributed by atoms with Crippen LogP contribution in [0.4, 0.5) is 0 Å². The number of ether oxygens (including phenoxy) is 2. The first-order valence-electron chi connectivity index (χ1n) is 7.16. The summed E-state index contributed by atoms with van der Waals surface area (Å²) in [5.41, 5.74) is 8.52. The monoisotopic (exact) mass is 282 g/mol. The lowest BCUT2D eigenvalue weighted by Crippen LogP contribution is -2.47. The van der Waals surface area contributed by atoms with Gasteiger partial charge < -0.3 is 15.2 Å². The van der Waals surface area contributed by atoms with E-state index < -0.39 is 0 Å². The maximum Gasteiger partial charge on any atom is 0.216 e. The second-order valence-electron chi connectivity index (χ2n) is 5.41. The molecule has 0 aromatic carbocycles. The quantitative estimate of drug-likeness (QED) is 0.867. The van der Waals surface area contributed by atoms with Gasteiger partial charge in [-0.05, 0) is 26.3 Å². The molecule has 6 heteroatoms. The van der Waals surface area contributed by atoms with Gasteiger partial charge in [0, 0.05) is 26.7 Å². The summed E-state index contributed by atoms with van der Waals surface area (Å²) < 4.78 is 12.6. The van der Waals surface area contributed by atoms with Crippen LogP contribution in [0.15, 0.2) is 0 Å². The van der Waals surface area contributed by atoms with Crippen LogP contribution in [0.3, 0.4) is 0 Å². The number of piperidine rings is 1. The molecule has 0 aliphatic carbocycles. The molecule has 2 heterocycles. The number of nitrogens with two attached hydrogens (primary N) is 1. The number of nitrogens with zero attached hydrogens (tertiary/aromatic N) is 3. The average Bonchev–Trinajstić information content (AvgIpc) is 2.70. The number of aromatic nitrogens is 2. The summed E-state index contributed by atoms with van der Waals surface area (Å²) in [4.78, 5) is 2.39. The topological polar surface area (TPSA) is 65.5 Å². The predicted molar refractivity (Wildman–Crippen MR) is 77.9 cm³/mol. The minimum atomic E-state index is 0.109. The molecular formula is C14H26N4O2. The largest absolute Gasteiger partial charge is 0.481 e. The lowest BCUT2D eigenvalue weighted by Gasteiger charge is -2.39. The SMILES string of the molecule is COCCN1CCCC(N)C1c1c(C)nn(C)c1OC. The van der Waals surface area contributed by atoms with Crippen LogP contribution >= 0.6 is 0 Å². The van der Waals surface area contributed by atoms with Crippen molar-refractivity contribution in [2.45, 2.75) is 31.8 Å². The Balaban J connectivity index is 2.34. The van der Waals surface area contributed by atoms with Gasteiger partial charge in [-0.2, -0.15) is 5.10 Å². The second kappa shape index (κ2) is 6.56. The Hall–Kier alpha value is -1.11. The van der Waals surface area contributed by atoms with E-state index in [4.69, 9.17) is 15.2 Å². The van der Waals surface area contributed by atoms with Crippen molar-refractivity contribution in [2.24, 2.45) is 12.8 Å². The van der Waals surface area contributed by atoms with E-state index in [9.17, 15) is 0 Å². The zero-order valence-electron chi connectivity index (χ0n) is 12.9. The van der Waals surface area contributed by atoms with Gasteiger partial charge in [0.1, 0.15) is 0 Å². The standard InChI is InChI=1S/C14H26N4O2/c1-10-12(14(20-4)17(2)16-10)13-11(15)6-5-7-18(13)8-9-19-3/h11,13H,5-9,15H2,1-4H3. The van der Waals surface area contributed by atoms with Crippen LogP contribution in [-0.2, 0) is 11.8 Å². The molecule has 114 valence electrons. The number of hydrogen-bond donors (Lipinski definition) is 1. The maximum absolute atomic E-state index is 6.40. The molecule has 1 saturated heterocycles. The molecule has 0 amide bonds. The summed E-state index contributed by atoms with van der Waals surface area (Å²) >= 11 is 0. The summed E-state index contributed by atoms with van der Waals surface area (Å²) in [5, 5.41) is 4.48. The molecule has 0 bridgehead atoms. The summed E-state index contributed by atoms with van der Waals surface area (Å²) in [6.07, 6.45) is 2.16. The van der Waals surface area contributed by atoms with E-state index in [0.717, 1.165) is 43.1 Å². The zero-order chi connectivity index (χ0) is 14.7. The minimum Gasteiger partial charge on any atom is -0.481 e. The molecule has 20 heavy (non-hydrogen) atoms. The normalized spacial score (nSPS) is 24.1. The first kappa shape index (κ1) is 15.3. The van der Waals surface area contributed by atoms with E-state index in [0.29, 0.717) is 6.61 Å². The highest BCUT2D eigenvalue weighted by Gasteiger charge is 2.35. The summed E-state index contributed by atoms with van der Waals surface area (Å²) in [7, 11) is 5.33. The van der Waals surface area contributed by atoms with Crippen molar-refractivity contribution in [2.75, 3.05) is 33.9 Å². The summed E-state index contributed by atoms with van der Waals surface area (Å²) in [6.45, 7) is 4.66. The molecule has 2 N–H and O–H groups in total. The van der Waals surface area contributed by atoms with Crippen molar-refractivity contribution in [3.05, 3.63) is 11.3 Å². The highest BCUT2D eigenvalue weighted by Crippen LogP contribution is 2.37. The Kier molecular flexibility index (Phi) is 5.01. The van der Waals surface area contributed by atoms with Crippen LogP contribution in [-0.4, -0.2) is 54.6 Å². The number of aryl methyl sites for hydroxylation is 2. The molecule has 1 aliphatic heterocycles. The van der Waals surface area contributed by atoms with Crippen LogP contribution in [0.5, 0.6) is 5.88 Å². The molecule has 2 unspecified atom stereocenters. The van der Waals surface area contributed by atoms with Gasteiger partial charge >= 0.3 is 0 Å². The van der Waals surface area contributed by atoms with Crippen LogP contribution < -0.4 is 10.5 Å². The van der Waals surface area contributed by atoms with Crippen molar-refractivity contribution in [1.82, 2.24) is 14.7 Å². The lowest BCUT2D eigenvalue weighted by molar-refractivity contribution is 0.0831. The first-order valence-corrected chi connectivity index (χ1v) is 7.16. The van der Waals surface area contributed by atoms with Crippen LogP contribution in [0, 0.1) is 6.92 Å². The van der Waals surface area contributed by atoms with Gasteiger partial charge in [0.2, 0.25) is 5.88 Å². The van der Waals surface area contributed by atoms with Gasteiger partial charge in [-0.1, -0.05) is 0 Å². The van der Waals surface area contributed by atoms with Gasteiger partial charge in [0.25, 0.3) is 0 Å². The molecule has 0 spiro atoms. The zero-order valence-corrected chi connectivity index (χ0v) is 12.9. The summed E-state index contributed by atoms with van der Waals surface area (Å²) in [5.74, 6) is 0.812. The fourth-order valence-electron chi connectivity index (χ4n) is 3.19. The molecule has 0 radical (unpaired) electrons. The smallest absolute Gasteiger partial charge is 0.216 e. The van der Waals surface area contributed by atoms with Gasteiger partial charge in [-0.25, -0.2) is 4.68 Å². The van der Waals surface area contributed by atoms with Gasteiger partial charge in [-0.3, -0.25) is 4.90 Å². The summed E-state index contributed by atoms with van der Waals surface area (Å²) in [6, 6.07) is 0.264. The van der Waals surface area contributed by atoms with Crippen LogP contribution in [0.25, 0.3) is 0 Å². The Morgan fingerprint density at radius 3 is 2.80 bits per heavy atom. The second-order valence-corrected chi connectivity index (χ2v) is 5.41. The Morgan fingerprint density at radius 2 is 2.15 bits per heavy atom. The Labute approximate surface area is 120 Å². The van der Waals surface area contributed by atoms with Crippen molar-refractivity contribution in [1.29, 1.82) is 0 Å². The van der Waals surface area contributed by atoms with Crippen LogP contribution in [0.1, 0.15) is 30.1 Å². The molecule has 1 fully saturated rings. The Bertz CT molecular complexity index is 447. The highest BCUT2D eigenvalue weighted by atomic mass is 16.5.